The van der Waals surface area contributed by atoms with Gasteiger partial charge in [0.1, 0.15) is 0 Å². The predicted molar refractivity (Wildman–Crippen MR) is 103 cm³/mol. The summed E-state index contributed by atoms with van der Waals surface area (Å²) >= 11 is 0. The zero-order valence-electron chi connectivity index (χ0n) is 16.4. The lowest BCUT2D eigenvalue weighted by molar-refractivity contribution is -0.255. The van der Waals surface area contributed by atoms with Crippen LogP contribution in [-0.4, -0.2) is 11.8 Å². The topological polar surface area (TPSA) is 57.2 Å². The molecule has 0 atom stereocenters. The van der Waals surface area contributed by atoms with Gasteiger partial charge in [0, 0.05) is 11.1 Å². The normalized spacial score (nSPS) is 11.4. The van der Waals surface area contributed by atoms with Crippen molar-refractivity contribution in [2.45, 2.75) is 59.3 Å². The SMILES string of the molecule is CC(C)c1cc(C(C)C)c(C(=O)c2ccc(C(=O)[O-])cc2)c(C(C)C)c1. The molecule has 0 N–H and O–H groups in total. The van der Waals surface area contributed by atoms with E-state index < -0.39 is 5.97 Å². The third kappa shape index (κ3) is 4.04. The zero-order valence-corrected chi connectivity index (χ0v) is 16.4. The van der Waals surface area contributed by atoms with E-state index >= 15 is 0 Å². The molecule has 0 fully saturated rings. The van der Waals surface area contributed by atoms with Gasteiger partial charge in [0.25, 0.3) is 0 Å². The lowest BCUT2D eigenvalue weighted by atomic mass is 9.81. The maximum atomic E-state index is 13.3. The van der Waals surface area contributed by atoms with Crippen LogP contribution in [-0.2, 0) is 0 Å². The van der Waals surface area contributed by atoms with Crippen molar-refractivity contribution in [3.63, 3.8) is 0 Å². The van der Waals surface area contributed by atoms with Crippen LogP contribution in [0.1, 0.15) is 102 Å². The molecule has 3 heteroatoms. The molecule has 0 aliphatic carbocycles. The van der Waals surface area contributed by atoms with Crippen molar-refractivity contribution in [1.82, 2.24) is 0 Å². The fourth-order valence-corrected chi connectivity index (χ4v) is 3.12. The van der Waals surface area contributed by atoms with Gasteiger partial charge in [0.05, 0.1) is 5.97 Å². The molecule has 0 saturated carbocycles. The highest BCUT2D eigenvalue weighted by molar-refractivity contribution is 6.11. The summed E-state index contributed by atoms with van der Waals surface area (Å²) in [6, 6.07) is 10.3. The molecule has 2 rings (SSSR count). The van der Waals surface area contributed by atoms with Gasteiger partial charge in [-0.25, -0.2) is 0 Å². The molecule has 0 saturated heterocycles. The van der Waals surface area contributed by atoms with Gasteiger partial charge in [-0.1, -0.05) is 77.9 Å². The highest BCUT2D eigenvalue weighted by Crippen LogP contribution is 2.33. The Morgan fingerprint density at radius 1 is 0.731 bits per heavy atom. The van der Waals surface area contributed by atoms with Crippen molar-refractivity contribution in [1.29, 1.82) is 0 Å². The zero-order chi connectivity index (χ0) is 19.6. The van der Waals surface area contributed by atoms with Crippen LogP contribution in [0.25, 0.3) is 0 Å². The van der Waals surface area contributed by atoms with Crippen LogP contribution in [0.2, 0.25) is 0 Å². The van der Waals surface area contributed by atoms with Crippen LogP contribution in [0.15, 0.2) is 36.4 Å². The molecule has 2 aromatic carbocycles. The van der Waals surface area contributed by atoms with Crippen molar-refractivity contribution in [2.75, 3.05) is 0 Å². The Kier molecular flexibility index (Phi) is 6.01. The van der Waals surface area contributed by atoms with Gasteiger partial charge in [0.15, 0.2) is 5.78 Å². The third-order valence-electron chi connectivity index (χ3n) is 4.74. The van der Waals surface area contributed by atoms with Gasteiger partial charge in [0.2, 0.25) is 0 Å². The number of hydrogen-bond donors (Lipinski definition) is 0. The number of rotatable bonds is 6. The smallest absolute Gasteiger partial charge is 0.193 e. The van der Waals surface area contributed by atoms with Gasteiger partial charge in [-0.05, 0) is 40.0 Å². The van der Waals surface area contributed by atoms with Gasteiger partial charge in [-0.15, -0.1) is 0 Å². The molecule has 0 aliphatic rings. The molecule has 2 aromatic rings. The molecule has 0 aromatic heterocycles. The maximum Gasteiger partial charge on any atom is 0.193 e. The van der Waals surface area contributed by atoms with Crippen LogP contribution in [0, 0.1) is 0 Å². The fourth-order valence-electron chi connectivity index (χ4n) is 3.12. The molecule has 0 spiro atoms. The standard InChI is InChI=1S/C23H28O3/c1-13(2)18-11-19(14(3)4)21(20(12-18)15(5)6)22(24)16-7-9-17(10-8-16)23(25)26/h7-15H,1-6H3,(H,25,26)/p-1. The lowest BCUT2D eigenvalue weighted by Crippen LogP contribution is -2.22. The fraction of sp³-hybridized carbons (Fsp3) is 0.391. The van der Waals surface area contributed by atoms with Crippen LogP contribution in [0.5, 0.6) is 0 Å². The van der Waals surface area contributed by atoms with Crippen LogP contribution < -0.4 is 5.11 Å². The number of aromatic carboxylic acids is 1. The first-order valence-electron chi connectivity index (χ1n) is 9.17. The maximum absolute atomic E-state index is 13.3. The van der Waals surface area contributed by atoms with Crippen LogP contribution in [0.3, 0.4) is 0 Å². The summed E-state index contributed by atoms with van der Waals surface area (Å²) in [4.78, 5) is 24.2. The largest absolute Gasteiger partial charge is 0.545 e. The second-order valence-corrected chi connectivity index (χ2v) is 7.73. The summed E-state index contributed by atoms with van der Waals surface area (Å²) in [5.41, 5.74) is 4.66. The monoisotopic (exact) mass is 351 g/mol. The summed E-state index contributed by atoms with van der Waals surface area (Å²) in [7, 11) is 0. The van der Waals surface area contributed by atoms with Gasteiger partial charge in [-0.2, -0.15) is 0 Å². The number of carbonyl (C=O) groups is 2. The van der Waals surface area contributed by atoms with E-state index in [0.717, 1.165) is 16.7 Å². The Labute approximate surface area is 156 Å². The lowest BCUT2D eigenvalue weighted by Gasteiger charge is -2.22. The highest BCUT2D eigenvalue weighted by atomic mass is 16.4. The second-order valence-electron chi connectivity index (χ2n) is 7.73. The van der Waals surface area contributed by atoms with E-state index in [4.69, 9.17) is 0 Å². The number of ketones is 1. The van der Waals surface area contributed by atoms with Crippen molar-refractivity contribution >= 4 is 11.8 Å². The van der Waals surface area contributed by atoms with E-state index in [-0.39, 0.29) is 23.2 Å². The van der Waals surface area contributed by atoms with Crippen molar-refractivity contribution < 1.29 is 14.7 Å². The molecule has 26 heavy (non-hydrogen) atoms. The Morgan fingerprint density at radius 2 is 1.15 bits per heavy atom. The molecule has 138 valence electrons. The minimum Gasteiger partial charge on any atom is -0.545 e. The average molecular weight is 351 g/mol. The number of benzene rings is 2. The number of carboxylic acids is 1. The Bertz CT molecular complexity index is 783. The molecule has 0 aliphatic heterocycles. The molecule has 0 amide bonds. The van der Waals surface area contributed by atoms with E-state index in [9.17, 15) is 14.7 Å². The number of carboxylic acid groups (broad SMARTS) is 1. The van der Waals surface area contributed by atoms with Crippen LogP contribution in [0.4, 0.5) is 0 Å². The number of carbonyl (C=O) groups excluding carboxylic acids is 2. The molecule has 0 heterocycles. The number of hydrogen-bond acceptors (Lipinski definition) is 3. The first-order chi connectivity index (χ1) is 12.1. The molecular weight excluding hydrogens is 324 g/mol. The van der Waals surface area contributed by atoms with Crippen molar-refractivity contribution in [3.8, 4) is 0 Å². The highest BCUT2D eigenvalue weighted by Gasteiger charge is 2.23. The van der Waals surface area contributed by atoms with E-state index in [1.807, 2.05) is 0 Å². The van der Waals surface area contributed by atoms with E-state index in [2.05, 4.69) is 53.7 Å². The minimum atomic E-state index is -1.24. The quantitative estimate of drug-likeness (QED) is 0.712. The Hall–Kier alpha value is -2.42. The van der Waals surface area contributed by atoms with E-state index in [1.54, 1.807) is 12.1 Å². The minimum absolute atomic E-state index is 0.0578. The molecule has 0 radical (unpaired) electrons. The van der Waals surface area contributed by atoms with Crippen molar-refractivity contribution in [3.05, 3.63) is 69.8 Å². The van der Waals surface area contributed by atoms with Crippen LogP contribution >= 0.6 is 0 Å². The summed E-state index contributed by atoms with van der Waals surface area (Å²) in [6.07, 6.45) is 0. The molecular formula is C23H27O3-. The summed E-state index contributed by atoms with van der Waals surface area (Å²) < 4.78 is 0. The van der Waals surface area contributed by atoms with Gasteiger partial charge in [-0.3, -0.25) is 4.79 Å². The summed E-state index contributed by atoms with van der Waals surface area (Å²) in [5.74, 6) is -0.481. The Balaban J connectivity index is 2.65. The molecule has 3 nitrogen and oxygen atoms in total. The summed E-state index contributed by atoms with van der Waals surface area (Å²) in [5, 5.41) is 10.9. The molecule has 0 unspecified atom stereocenters. The van der Waals surface area contributed by atoms with E-state index in [0.29, 0.717) is 11.5 Å². The first kappa shape index (κ1) is 19.9. The van der Waals surface area contributed by atoms with Gasteiger partial charge >= 0.3 is 0 Å². The first-order valence-corrected chi connectivity index (χ1v) is 9.17. The van der Waals surface area contributed by atoms with Gasteiger partial charge < -0.3 is 9.90 Å². The second kappa shape index (κ2) is 7.86. The summed E-state index contributed by atoms with van der Waals surface area (Å²) in [6.45, 7) is 12.7. The predicted octanol–water partition coefficient (Wildman–Crippen LogP) is 4.65. The van der Waals surface area contributed by atoms with Crippen molar-refractivity contribution in [2.24, 2.45) is 0 Å². The average Bonchev–Trinajstić information content (AvgIpc) is 2.59. The molecule has 0 bridgehead atoms. The third-order valence-corrected chi connectivity index (χ3v) is 4.74. The Morgan fingerprint density at radius 3 is 1.50 bits per heavy atom. The van der Waals surface area contributed by atoms with E-state index in [1.165, 1.54) is 17.7 Å².